The summed E-state index contributed by atoms with van der Waals surface area (Å²) in [5.41, 5.74) is 3.18. The van der Waals surface area contributed by atoms with Crippen molar-refractivity contribution in [3.05, 3.63) is 64.5 Å². The maximum atomic E-state index is 12.7. The Morgan fingerprint density at radius 2 is 1.79 bits per heavy atom. The van der Waals surface area contributed by atoms with Crippen LogP contribution in [0.3, 0.4) is 0 Å². The molecule has 2 aromatic carbocycles. The van der Waals surface area contributed by atoms with E-state index in [0.717, 1.165) is 28.2 Å². The minimum Gasteiger partial charge on any atom is -0.279 e. The number of nitrogens with zero attached hydrogens (tertiary/aromatic N) is 1. The van der Waals surface area contributed by atoms with Crippen molar-refractivity contribution >= 4 is 27.0 Å². The van der Waals surface area contributed by atoms with Gasteiger partial charge in [0.25, 0.3) is 10.0 Å². The highest BCUT2D eigenvalue weighted by Crippen LogP contribution is 2.30. The molecule has 0 aliphatic heterocycles. The van der Waals surface area contributed by atoms with Gasteiger partial charge in [-0.15, -0.1) is 11.3 Å². The first kappa shape index (κ1) is 16.7. The summed E-state index contributed by atoms with van der Waals surface area (Å²) in [5.74, 6) is 0. The van der Waals surface area contributed by atoms with Gasteiger partial charge in [0, 0.05) is 10.9 Å². The lowest BCUT2D eigenvalue weighted by Crippen LogP contribution is -2.13. The predicted molar refractivity (Wildman–Crippen MR) is 98.9 cm³/mol. The maximum Gasteiger partial charge on any atom is 0.261 e. The molecule has 1 aromatic heterocycles. The van der Waals surface area contributed by atoms with Crippen LogP contribution in [0, 0.1) is 6.92 Å². The molecule has 6 heteroatoms. The van der Waals surface area contributed by atoms with Gasteiger partial charge >= 0.3 is 0 Å². The van der Waals surface area contributed by atoms with Crippen molar-refractivity contribution in [2.24, 2.45) is 0 Å². The summed E-state index contributed by atoms with van der Waals surface area (Å²) in [5, 5.41) is 2.87. The summed E-state index contributed by atoms with van der Waals surface area (Å²) in [6.45, 7) is 3.96. The summed E-state index contributed by atoms with van der Waals surface area (Å²) < 4.78 is 28.0. The van der Waals surface area contributed by atoms with Crippen molar-refractivity contribution < 1.29 is 8.42 Å². The van der Waals surface area contributed by atoms with Crippen LogP contribution in [0.2, 0.25) is 0 Å². The number of benzene rings is 2. The molecule has 0 radical (unpaired) electrons. The number of para-hydroxylation sites is 1. The zero-order chi connectivity index (χ0) is 17.2. The summed E-state index contributed by atoms with van der Waals surface area (Å²) >= 11 is 1.54. The van der Waals surface area contributed by atoms with E-state index in [1.807, 2.05) is 43.5 Å². The Hall–Kier alpha value is -2.18. The molecule has 0 saturated carbocycles. The standard InChI is InChI=1S/C18H18N2O2S2/c1-3-14-8-10-15(11-9-14)24(21,22)20-17-7-5-4-6-16(17)18-12-23-13(2)19-18/h4-12,20H,3H2,1-2H3. The molecule has 0 saturated heterocycles. The van der Waals surface area contributed by atoms with Gasteiger partial charge in [-0.2, -0.15) is 0 Å². The molecule has 4 nitrogen and oxygen atoms in total. The fourth-order valence-electron chi connectivity index (χ4n) is 2.39. The average molecular weight is 358 g/mol. The summed E-state index contributed by atoms with van der Waals surface area (Å²) in [6.07, 6.45) is 0.875. The average Bonchev–Trinajstić information content (AvgIpc) is 3.01. The van der Waals surface area contributed by atoms with Crippen molar-refractivity contribution in [2.45, 2.75) is 25.2 Å². The number of aromatic nitrogens is 1. The first-order valence-corrected chi connectivity index (χ1v) is 9.99. The number of hydrogen-bond acceptors (Lipinski definition) is 4. The fraction of sp³-hybridized carbons (Fsp3) is 0.167. The Kier molecular flexibility index (Phi) is 4.69. The Morgan fingerprint density at radius 3 is 2.42 bits per heavy atom. The molecule has 1 heterocycles. The Labute approximate surface area is 146 Å². The van der Waals surface area contributed by atoms with E-state index in [1.165, 1.54) is 11.3 Å². The minimum atomic E-state index is -3.64. The van der Waals surface area contributed by atoms with E-state index >= 15 is 0 Å². The number of nitrogens with one attached hydrogen (secondary N) is 1. The first-order valence-electron chi connectivity index (χ1n) is 7.63. The van der Waals surface area contributed by atoms with Crippen molar-refractivity contribution in [2.75, 3.05) is 4.72 Å². The van der Waals surface area contributed by atoms with Crippen LogP contribution < -0.4 is 4.72 Å². The normalized spacial score (nSPS) is 11.4. The van der Waals surface area contributed by atoms with Crippen LogP contribution in [0.15, 0.2) is 58.8 Å². The Balaban J connectivity index is 1.95. The molecule has 0 bridgehead atoms. The molecule has 3 aromatic rings. The lowest BCUT2D eigenvalue weighted by molar-refractivity contribution is 0.601. The zero-order valence-electron chi connectivity index (χ0n) is 13.5. The van der Waals surface area contributed by atoms with Gasteiger partial charge in [0.1, 0.15) is 0 Å². The monoisotopic (exact) mass is 358 g/mol. The lowest BCUT2D eigenvalue weighted by atomic mass is 10.1. The van der Waals surface area contributed by atoms with Gasteiger partial charge in [-0.1, -0.05) is 37.3 Å². The molecule has 3 rings (SSSR count). The zero-order valence-corrected chi connectivity index (χ0v) is 15.1. The van der Waals surface area contributed by atoms with Crippen LogP contribution in [0.4, 0.5) is 5.69 Å². The van der Waals surface area contributed by atoms with Crippen molar-refractivity contribution in [1.82, 2.24) is 4.98 Å². The number of sulfonamides is 1. The highest BCUT2D eigenvalue weighted by Gasteiger charge is 2.17. The van der Waals surface area contributed by atoms with Crippen LogP contribution in [-0.4, -0.2) is 13.4 Å². The van der Waals surface area contributed by atoms with E-state index in [-0.39, 0.29) is 4.90 Å². The van der Waals surface area contributed by atoms with Gasteiger partial charge in [-0.25, -0.2) is 13.4 Å². The first-order chi connectivity index (χ1) is 11.5. The SMILES string of the molecule is CCc1ccc(S(=O)(=O)Nc2ccccc2-c2csc(C)n2)cc1. The number of anilines is 1. The minimum absolute atomic E-state index is 0.254. The highest BCUT2D eigenvalue weighted by molar-refractivity contribution is 7.92. The molecule has 124 valence electrons. The Bertz CT molecular complexity index is 945. The van der Waals surface area contributed by atoms with Gasteiger partial charge in [0.2, 0.25) is 0 Å². The fourth-order valence-corrected chi connectivity index (χ4v) is 4.08. The number of aryl methyl sites for hydroxylation is 2. The molecule has 0 fully saturated rings. The summed E-state index contributed by atoms with van der Waals surface area (Å²) in [7, 11) is -3.64. The van der Waals surface area contributed by atoms with Crippen molar-refractivity contribution in [1.29, 1.82) is 0 Å². The third-order valence-electron chi connectivity index (χ3n) is 3.71. The number of hydrogen-bond donors (Lipinski definition) is 1. The summed E-state index contributed by atoms with van der Waals surface area (Å²) in [6, 6.07) is 14.2. The number of thiazole rings is 1. The molecule has 0 aliphatic rings. The van der Waals surface area contributed by atoms with E-state index in [0.29, 0.717) is 5.69 Å². The van der Waals surface area contributed by atoms with E-state index < -0.39 is 10.0 Å². The molecular formula is C18H18N2O2S2. The Morgan fingerprint density at radius 1 is 1.08 bits per heavy atom. The third kappa shape index (κ3) is 3.49. The van der Waals surface area contributed by atoms with Crippen LogP contribution in [0.5, 0.6) is 0 Å². The van der Waals surface area contributed by atoms with Gasteiger partial charge in [0.15, 0.2) is 0 Å². The lowest BCUT2D eigenvalue weighted by Gasteiger charge is -2.12. The third-order valence-corrected chi connectivity index (χ3v) is 5.86. The molecule has 0 atom stereocenters. The van der Waals surface area contributed by atoms with E-state index in [4.69, 9.17) is 0 Å². The van der Waals surface area contributed by atoms with Crippen molar-refractivity contribution in [3.63, 3.8) is 0 Å². The quantitative estimate of drug-likeness (QED) is 0.731. The topological polar surface area (TPSA) is 59.1 Å². The van der Waals surface area contributed by atoms with E-state index in [2.05, 4.69) is 9.71 Å². The van der Waals surface area contributed by atoms with E-state index in [9.17, 15) is 8.42 Å². The second kappa shape index (κ2) is 6.75. The molecule has 0 unspecified atom stereocenters. The van der Waals surface area contributed by atoms with Gasteiger partial charge in [0.05, 0.1) is 21.3 Å². The predicted octanol–water partition coefficient (Wildman–Crippen LogP) is 4.48. The summed E-state index contributed by atoms with van der Waals surface area (Å²) in [4.78, 5) is 4.70. The van der Waals surface area contributed by atoms with Crippen molar-refractivity contribution in [3.8, 4) is 11.3 Å². The smallest absolute Gasteiger partial charge is 0.261 e. The van der Waals surface area contributed by atoms with Crippen LogP contribution >= 0.6 is 11.3 Å². The molecule has 24 heavy (non-hydrogen) atoms. The molecular weight excluding hydrogens is 340 g/mol. The van der Waals surface area contributed by atoms with Crippen LogP contribution in [0.25, 0.3) is 11.3 Å². The van der Waals surface area contributed by atoms with Gasteiger partial charge < -0.3 is 0 Å². The highest BCUT2D eigenvalue weighted by atomic mass is 32.2. The molecule has 0 amide bonds. The van der Waals surface area contributed by atoms with Gasteiger partial charge in [-0.3, -0.25) is 4.72 Å². The van der Waals surface area contributed by atoms with Gasteiger partial charge in [-0.05, 0) is 37.1 Å². The van der Waals surface area contributed by atoms with Crippen LogP contribution in [-0.2, 0) is 16.4 Å². The maximum absolute atomic E-state index is 12.7. The molecule has 0 aliphatic carbocycles. The second-order valence-corrected chi connectivity index (χ2v) is 8.14. The number of rotatable bonds is 5. The largest absolute Gasteiger partial charge is 0.279 e. The molecule has 0 spiro atoms. The van der Waals surface area contributed by atoms with Crippen LogP contribution in [0.1, 0.15) is 17.5 Å². The second-order valence-electron chi connectivity index (χ2n) is 5.40. The van der Waals surface area contributed by atoms with E-state index in [1.54, 1.807) is 24.3 Å². The molecule has 1 N–H and O–H groups in total.